The van der Waals surface area contributed by atoms with Crippen LogP contribution in [-0.4, -0.2) is 27.4 Å². The Labute approximate surface area is 96.4 Å². The normalized spacial score (nSPS) is 24.5. The molecule has 1 fully saturated rings. The van der Waals surface area contributed by atoms with E-state index in [1.807, 2.05) is 0 Å². The molecule has 0 saturated carbocycles. The van der Waals surface area contributed by atoms with Gasteiger partial charge >= 0.3 is 5.69 Å². The highest BCUT2D eigenvalue weighted by Gasteiger charge is 2.27. The minimum absolute atomic E-state index is 0.0212. The SMILES string of the molecule is O=c1nc2occc2cn1C1CCC(CO)O1. The summed E-state index contributed by atoms with van der Waals surface area (Å²) in [5.74, 6) is 0. The molecule has 3 rings (SSSR count). The lowest BCUT2D eigenvalue weighted by Crippen LogP contribution is -2.27. The highest BCUT2D eigenvalue weighted by Crippen LogP contribution is 2.27. The Kier molecular flexibility index (Phi) is 2.45. The van der Waals surface area contributed by atoms with Gasteiger partial charge in [0.05, 0.1) is 24.4 Å². The van der Waals surface area contributed by atoms with E-state index in [-0.39, 0.29) is 18.9 Å². The lowest BCUT2D eigenvalue weighted by molar-refractivity contribution is -0.0243. The van der Waals surface area contributed by atoms with Crippen LogP contribution in [-0.2, 0) is 4.74 Å². The average molecular weight is 236 g/mol. The van der Waals surface area contributed by atoms with Gasteiger partial charge in [-0.2, -0.15) is 4.98 Å². The number of aliphatic hydroxyl groups is 1. The van der Waals surface area contributed by atoms with Crippen LogP contribution in [0.15, 0.2) is 27.7 Å². The van der Waals surface area contributed by atoms with Crippen molar-refractivity contribution in [3.05, 3.63) is 29.0 Å². The van der Waals surface area contributed by atoms with Gasteiger partial charge in [-0.1, -0.05) is 0 Å². The van der Waals surface area contributed by atoms with E-state index < -0.39 is 5.69 Å². The molecule has 0 bridgehead atoms. The van der Waals surface area contributed by atoms with Crippen LogP contribution < -0.4 is 5.69 Å². The van der Waals surface area contributed by atoms with Crippen LogP contribution in [0, 0.1) is 0 Å². The predicted molar refractivity (Wildman–Crippen MR) is 58.5 cm³/mol. The Balaban J connectivity index is 1.99. The molecule has 1 N–H and O–H groups in total. The van der Waals surface area contributed by atoms with Crippen molar-refractivity contribution in [3.8, 4) is 0 Å². The van der Waals surface area contributed by atoms with Gasteiger partial charge in [0, 0.05) is 6.20 Å². The number of aliphatic hydroxyl groups excluding tert-OH is 1. The zero-order chi connectivity index (χ0) is 11.8. The summed E-state index contributed by atoms with van der Waals surface area (Å²) < 4.78 is 12.1. The maximum atomic E-state index is 11.8. The molecule has 0 aliphatic carbocycles. The molecule has 1 aliphatic rings. The molecule has 6 nitrogen and oxygen atoms in total. The Morgan fingerprint density at radius 1 is 1.53 bits per heavy atom. The lowest BCUT2D eigenvalue weighted by atomic mass is 10.2. The number of aromatic nitrogens is 2. The molecule has 90 valence electrons. The van der Waals surface area contributed by atoms with Gasteiger partial charge in [0.1, 0.15) is 6.23 Å². The zero-order valence-electron chi connectivity index (χ0n) is 9.07. The summed E-state index contributed by atoms with van der Waals surface area (Å²) in [6, 6.07) is 1.75. The van der Waals surface area contributed by atoms with E-state index >= 15 is 0 Å². The van der Waals surface area contributed by atoms with E-state index in [9.17, 15) is 4.79 Å². The van der Waals surface area contributed by atoms with E-state index in [1.165, 1.54) is 10.8 Å². The van der Waals surface area contributed by atoms with Crippen LogP contribution in [0.25, 0.3) is 11.1 Å². The van der Waals surface area contributed by atoms with Crippen LogP contribution in [0.3, 0.4) is 0 Å². The van der Waals surface area contributed by atoms with Crippen LogP contribution in [0.5, 0.6) is 0 Å². The molecule has 0 amide bonds. The minimum Gasteiger partial charge on any atom is -0.446 e. The number of hydrogen-bond donors (Lipinski definition) is 1. The highest BCUT2D eigenvalue weighted by molar-refractivity contribution is 5.71. The first-order valence-corrected chi connectivity index (χ1v) is 5.50. The van der Waals surface area contributed by atoms with E-state index in [1.54, 1.807) is 12.3 Å². The van der Waals surface area contributed by atoms with Gasteiger partial charge in [-0.25, -0.2) is 4.79 Å². The van der Waals surface area contributed by atoms with Crippen molar-refractivity contribution in [2.24, 2.45) is 0 Å². The summed E-state index contributed by atoms with van der Waals surface area (Å²) in [6.07, 6.45) is 4.10. The molecule has 0 aromatic carbocycles. The largest absolute Gasteiger partial charge is 0.446 e. The Bertz CT molecular complexity index is 588. The second kappa shape index (κ2) is 3.97. The number of nitrogens with zero attached hydrogens (tertiary/aromatic N) is 2. The number of furan rings is 1. The number of hydrogen-bond acceptors (Lipinski definition) is 5. The van der Waals surface area contributed by atoms with Crippen LogP contribution in [0.4, 0.5) is 0 Å². The molecule has 2 unspecified atom stereocenters. The van der Waals surface area contributed by atoms with Crippen molar-refractivity contribution in [2.75, 3.05) is 6.61 Å². The average Bonchev–Trinajstić information content (AvgIpc) is 2.94. The van der Waals surface area contributed by atoms with Gasteiger partial charge in [0.15, 0.2) is 0 Å². The molecule has 6 heteroatoms. The third-order valence-electron chi connectivity index (χ3n) is 2.97. The number of fused-ring (bicyclic) bond motifs is 1. The van der Waals surface area contributed by atoms with Crippen molar-refractivity contribution in [3.63, 3.8) is 0 Å². The predicted octanol–water partition coefficient (Wildman–Crippen LogP) is 0.659. The second-order valence-corrected chi connectivity index (χ2v) is 4.08. The molecule has 2 atom stereocenters. The number of rotatable bonds is 2. The summed E-state index contributed by atoms with van der Waals surface area (Å²) in [4.78, 5) is 15.6. The van der Waals surface area contributed by atoms with Crippen molar-refractivity contribution < 1.29 is 14.3 Å². The Hall–Kier alpha value is -1.66. The van der Waals surface area contributed by atoms with Crippen LogP contribution >= 0.6 is 0 Å². The first-order chi connectivity index (χ1) is 8.28. The van der Waals surface area contributed by atoms with Gasteiger partial charge < -0.3 is 14.3 Å². The second-order valence-electron chi connectivity index (χ2n) is 4.08. The maximum Gasteiger partial charge on any atom is 0.353 e. The number of ether oxygens (including phenoxy) is 1. The van der Waals surface area contributed by atoms with Crippen molar-refractivity contribution in [1.82, 2.24) is 9.55 Å². The highest BCUT2D eigenvalue weighted by atomic mass is 16.5. The molecular weight excluding hydrogens is 224 g/mol. The first-order valence-electron chi connectivity index (χ1n) is 5.50. The molecule has 1 aliphatic heterocycles. The van der Waals surface area contributed by atoms with Gasteiger partial charge in [0.2, 0.25) is 5.71 Å². The third kappa shape index (κ3) is 1.75. The molecule has 1 saturated heterocycles. The minimum atomic E-state index is -0.393. The van der Waals surface area contributed by atoms with Crippen molar-refractivity contribution in [1.29, 1.82) is 0 Å². The monoisotopic (exact) mass is 236 g/mol. The summed E-state index contributed by atoms with van der Waals surface area (Å²) in [5, 5.41) is 9.76. The molecule has 0 spiro atoms. The molecule has 17 heavy (non-hydrogen) atoms. The zero-order valence-corrected chi connectivity index (χ0v) is 9.07. The van der Waals surface area contributed by atoms with Gasteiger partial charge in [-0.15, -0.1) is 0 Å². The van der Waals surface area contributed by atoms with Crippen molar-refractivity contribution in [2.45, 2.75) is 25.2 Å². The Morgan fingerprint density at radius 2 is 2.41 bits per heavy atom. The topological polar surface area (TPSA) is 77.5 Å². The lowest BCUT2D eigenvalue weighted by Gasteiger charge is -2.14. The van der Waals surface area contributed by atoms with E-state index in [2.05, 4.69) is 4.98 Å². The molecule has 3 heterocycles. The van der Waals surface area contributed by atoms with Gasteiger partial charge in [0.25, 0.3) is 0 Å². The summed E-state index contributed by atoms with van der Waals surface area (Å²) in [6.45, 7) is -0.0212. The van der Waals surface area contributed by atoms with Gasteiger partial charge in [-0.3, -0.25) is 4.57 Å². The third-order valence-corrected chi connectivity index (χ3v) is 2.97. The summed E-state index contributed by atoms with van der Waals surface area (Å²) in [5.41, 5.74) is -0.0565. The maximum absolute atomic E-state index is 11.8. The smallest absolute Gasteiger partial charge is 0.353 e. The standard InChI is InChI=1S/C11H12N2O4/c14-6-8-1-2-9(17-8)13-5-7-3-4-16-10(7)12-11(13)15/h3-5,8-9,14H,1-2,6H2. The molecule has 2 aromatic heterocycles. The molecule has 0 radical (unpaired) electrons. The van der Waals surface area contributed by atoms with E-state index in [0.29, 0.717) is 12.1 Å². The van der Waals surface area contributed by atoms with Crippen LogP contribution in [0.1, 0.15) is 19.1 Å². The fourth-order valence-electron chi connectivity index (χ4n) is 2.08. The van der Waals surface area contributed by atoms with E-state index in [0.717, 1.165) is 11.8 Å². The summed E-state index contributed by atoms with van der Waals surface area (Å²) >= 11 is 0. The summed E-state index contributed by atoms with van der Waals surface area (Å²) in [7, 11) is 0. The fraction of sp³-hybridized carbons (Fsp3) is 0.455. The molecule has 2 aromatic rings. The van der Waals surface area contributed by atoms with Gasteiger partial charge in [-0.05, 0) is 18.9 Å². The first kappa shape index (κ1) is 10.5. The molecular formula is C11H12N2O4. The van der Waals surface area contributed by atoms with E-state index in [4.69, 9.17) is 14.3 Å². The Morgan fingerprint density at radius 3 is 3.18 bits per heavy atom. The fourth-order valence-corrected chi connectivity index (χ4v) is 2.08. The van der Waals surface area contributed by atoms with Crippen molar-refractivity contribution >= 4 is 11.1 Å². The van der Waals surface area contributed by atoms with Crippen LogP contribution in [0.2, 0.25) is 0 Å². The quantitative estimate of drug-likeness (QED) is 0.828.